The Morgan fingerprint density at radius 1 is 1.35 bits per heavy atom. The maximum Gasteiger partial charge on any atom is 0.292 e. The molecule has 1 aliphatic rings. The molecule has 0 heterocycles. The number of anilines is 1. The largest absolute Gasteiger partial charge is 0.379 e. The van der Waals surface area contributed by atoms with Crippen molar-refractivity contribution in [1.82, 2.24) is 0 Å². The van der Waals surface area contributed by atoms with Gasteiger partial charge in [-0.3, -0.25) is 10.1 Å². The molecule has 0 atom stereocenters. The molecule has 2 rings (SSSR count). The topological polar surface area (TPSA) is 55.2 Å². The summed E-state index contributed by atoms with van der Waals surface area (Å²) in [6.45, 7) is 2.94. The fourth-order valence-corrected chi connectivity index (χ4v) is 2.84. The molecule has 20 heavy (non-hydrogen) atoms. The van der Waals surface area contributed by atoms with Gasteiger partial charge in [-0.25, -0.2) is 4.39 Å². The second-order valence-electron chi connectivity index (χ2n) is 5.76. The van der Waals surface area contributed by atoms with Crippen LogP contribution >= 0.6 is 0 Å². The minimum atomic E-state index is -0.482. The van der Waals surface area contributed by atoms with E-state index in [1.165, 1.54) is 37.8 Å². The Morgan fingerprint density at radius 3 is 2.70 bits per heavy atom. The molecule has 5 heteroatoms. The molecule has 1 aromatic rings. The average Bonchev–Trinajstić information content (AvgIpc) is 2.41. The number of hydrogen-bond acceptors (Lipinski definition) is 3. The number of nitrogens with one attached hydrogen (secondary N) is 1. The van der Waals surface area contributed by atoms with Gasteiger partial charge in [0, 0.05) is 18.7 Å². The smallest absolute Gasteiger partial charge is 0.292 e. The van der Waals surface area contributed by atoms with E-state index in [-0.39, 0.29) is 11.4 Å². The van der Waals surface area contributed by atoms with Gasteiger partial charge in [-0.1, -0.05) is 32.6 Å². The van der Waals surface area contributed by atoms with Crippen molar-refractivity contribution >= 4 is 11.4 Å². The van der Waals surface area contributed by atoms with E-state index >= 15 is 0 Å². The van der Waals surface area contributed by atoms with E-state index < -0.39 is 10.7 Å². The van der Waals surface area contributed by atoms with Gasteiger partial charge in [0.15, 0.2) is 0 Å². The molecule has 0 aliphatic heterocycles. The van der Waals surface area contributed by atoms with Crippen LogP contribution in [0.5, 0.6) is 0 Å². The van der Waals surface area contributed by atoms with Gasteiger partial charge in [-0.15, -0.1) is 0 Å². The van der Waals surface area contributed by atoms with Gasteiger partial charge in [-0.05, 0) is 24.3 Å². The number of rotatable bonds is 5. The maximum atomic E-state index is 13.2. The van der Waals surface area contributed by atoms with Crippen molar-refractivity contribution in [3.63, 3.8) is 0 Å². The second-order valence-corrected chi connectivity index (χ2v) is 5.76. The average molecular weight is 280 g/mol. The lowest BCUT2D eigenvalue weighted by Crippen LogP contribution is -2.16. The summed E-state index contributed by atoms with van der Waals surface area (Å²) < 4.78 is 13.2. The van der Waals surface area contributed by atoms with Crippen LogP contribution in [0, 0.1) is 27.8 Å². The van der Waals surface area contributed by atoms with Crippen LogP contribution < -0.4 is 5.32 Å². The van der Waals surface area contributed by atoms with Gasteiger partial charge in [0.2, 0.25) is 0 Å². The number of nitrogens with zero attached hydrogens (tertiary/aromatic N) is 1. The molecule has 0 spiro atoms. The van der Waals surface area contributed by atoms with Gasteiger partial charge < -0.3 is 5.32 Å². The Kier molecular flexibility index (Phi) is 4.93. The van der Waals surface area contributed by atoms with Crippen LogP contribution in [0.1, 0.15) is 39.0 Å². The van der Waals surface area contributed by atoms with Crippen molar-refractivity contribution < 1.29 is 9.31 Å². The minimum Gasteiger partial charge on any atom is -0.379 e. The predicted octanol–water partition coefficient (Wildman–Crippen LogP) is 4.36. The molecule has 0 unspecified atom stereocenters. The molecule has 0 aromatic heterocycles. The second kappa shape index (κ2) is 6.68. The highest BCUT2D eigenvalue weighted by Crippen LogP contribution is 2.31. The third kappa shape index (κ3) is 3.92. The molecule has 0 bridgehead atoms. The maximum absolute atomic E-state index is 13.2. The van der Waals surface area contributed by atoms with E-state index in [2.05, 4.69) is 12.2 Å². The lowest BCUT2D eigenvalue weighted by atomic mass is 9.81. The first-order valence-electron chi connectivity index (χ1n) is 7.24. The monoisotopic (exact) mass is 280 g/mol. The van der Waals surface area contributed by atoms with Crippen molar-refractivity contribution in [2.75, 3.05) is 11.9 Å². The number of hydrogen-bond donors (Lipinski definition) is 1. The van der Waals surface area contributed by atoms with Crippen LogP contribution in [0.2, 0.25) is 0 Å². The van der Waals surface area contributed by atoms with Crippen molar-refractivity contribution in [3.05, 3.63) is 34.1 Å². The van der Waals surface area contributed by atoms with Crippen LogP contribution in [0.25, 0.3) is 0 Å². The Balaban J connectivity index is 1.87. The molecule has 110 valence electrons. The molecule has 0 radical (unpaired) electrons. The summed E-state index contributed by atoms with van der Waals surface area (Å²) in [6, 6.07) is 3.52. The fourth-order valence-electron chi connectivity index (χ4n) is 2.84. The molecule has 1 saturated carbocycles. The van der Waals surface area contributed by atoms with Gasteiger partial charge in [0.1, 0.15) is 11.5 Å². The molecule has 4 nitrogen and oxygen atoms in total. The number of nitro groups is 1. The zero-order chi connectivity index (χ0) is 14.5. The van der Waals surface area contributed by atoms with Crippen molar-refractivity contribution in [1.29, 1.82) is 0 Å². The molecule has 1 aliphatic carbocycles. The van der Waals surface area contributed by atoms with Crippen LogP contribution in [0.3, 0.4) is 0 Å². The van der Waals surface area contributed by atoms with E-state index in [4.69, 9.17) is 0 Å². The summed E-state index contributed by atoms with van der Waals surface area (Å²) in [5.74, 6) is 1.06. The number of halogens is 1. The molecule has 1 N–H and O–H groups in total. The molecular formula is C15H21FN2O2. The summed E-state index contributed by atoms with van der Waals surface area (Å²) in [4.78, 5) is 10.4. The highest BCUT2D eigenvalue weighted by atomic mass is 19.1. The first-order valence-corrected chi connectivity index (χ1v) is 7.24. The van der Waals surface area contributed by atoms with E-state index in [1.54, 1.807) is 0 Å². The van der Waals surface area contributed by atoms with Crippen LogP contribution in [0.4, 0.5) is 15.8 Å². The summed E-state index contributed by atoms with van der Waals surface area (Å²) >= 11 is 0. The normalized spacial score (nSPS) is 22.5. The van der Waals surface area contributed by atoms with Gasteiger partial charge in [0.25, 0.3) is 5.69 Å². The summed E-state index contributed by atoms with van der Waals surface area (Å²) in [5, 5.41) is 13.9. The molecule has 1 aromatic carbocycles. The van der Waals surface area contributed by atoms with Crippen LogP contribution in [0.15, 0.2) is 18.2 Å². The molecule has 0 amide bonds. The van der Waals surface area contributed by atoms with E-state index in [0.29, 0.717) is 12.5 Å². The third-order valence-corrected chi connectivity index (χ3v) is 4.16. The molecule has 1 fully saturated rings. The van der Waals surface area contributed by atoms with Gasteiger partial charge in [0.05, 0.1) is 4.92 Å². The third-order valence-electron chi connectivity index (χ3n) is 4.16. The Bertz CT molecular complexity index is 471. The zero-order valence-electron chi connectivity index (χ0n) is 11.8. The SMILES string of the molecule is CC1CCC(CCNc2cc(F)ccc2[N+](=O)[O-])CC1. The van der Waals surface area contributed by atoms with E-state index in [0.717, 1.165) is 18.4 Å². The number of benzene rings is 1. The van der Waals surface area contributed by atoms with Gasteiger partial charge >= 0.3 is 0 Å². The van der Waals surface area contributed by atoms with Crippen LogP contribution in [-0.4, -0.2) is 11.5 Å². The minimum absolute atomic E-state index is 0.0660. The highest BCUT2D eigenvalue weighted by molar-refractivity contribution is 5.61. The molecule has 0 saturated heterocycles. The zero-order valence-corrected chi connectivity index (χ0v) is 11.8. The first kappa shape index (κ1) is 14.8. The summed E-state index contributed by atoms with van der Waals surface area (Å²) in [7, 11) is 0. The first-order chi connectivity index (χ1) is 9.56. The van der Waals surface area contributed by atoms with E-state index in [1.807, 2.05) is 0 Å². The lowest BCUT2D eigenvalue weighted by molar-refractivity contribution is -0.384. The van der Waals surface area contributed by atoms with Crippen molar-refractivity contribution in [2.45, 2.75) is 39.0 Å². The van der Waals surface area contributed by atoms with Crippen molar-refractivity contribution in [2.24, 2.45) is 11.8 Å². The fraction of sp³-hybridized carbons (Fsp3) is 0.600. The van der Waals surface area contributed by atoms with E-state index in [9.17, 15) is 14.5 Å². The highest BCUT2D eigenvalue weighted by Gasteiger charge is 2.19. The lowest BCUT2D eigenvalue weighted by Gasteiger charge is -2.26. The Hall–Kier alpha value is -1.65. The predicted molar refractivity (Wildman–Crippen MR) is 77.3 cm³/mol. The molecular weight excluding hydrogens is 259 g/mol. The quantitative estimate of drug-likeness (QED) is 0.644. The Morgan fingerprint density at radius 2 is 2.05 bits per heavy atom. The van der Waals surface area contributed by atoms with Crippen molar-refractivity contribution in [3.8, 4) is 0 Å². The Labute approximate surface area is 118 Å². The van der Waals surface area contributed by atoms with Crippen LogP contribution in [-0.2, 0) is 0 Å². The number of nitro benzene ring substituents is 1. The van der Waals surface area contributed by atoms with Gasteiger partial charge in [-0.2, -0.15) is 0 Å². The summed E-state index contributed by atoms with van der Waals surface area (Å²) in [5.41, 5.74) is 0.211. The standard InChI is InChI=1S/C15H21FN2O2/c1-11-2-4-12(5-3-11)8-9-17-14-10-13(16)6-7-15(14)18(19)20/h6-7,10-12,17H,2-5,8-9H2,1H3. The summed E-state index contributed by atoms with van der Waals surface area (Å²) in [6.07, 6.45) is 5.98.